The molecule has 20 heavy (non-hydrogen) atoms. The molecule has 0 heterocycles. The van der Waals surface area contributed by atoms with Gasteiger partial charge in [0.25, 0.3) is 0 Å². The summed E-state index contributed by atoms with van der Waals surface area (Å²) in [6.07, 6.45) is 8.56. The van der Waals surface area contributed by atoms with E-state index in [1.807, 2.05) is 0 Å². The Kier molecular flexibility index (Phi) is 5.18. The van der Waals surface area contributed by atoms with E-state index < -0.39 is 0 Å². The highest BCUT2D eigenvalue weighted by Gasteiger charge is 2.37. The Morgan fingerprint density at radius 3 is 2.20 bits per heavy atom. The summed E-state index contributed by atoms with van der Waals surface area (Å²) in [7, 11) is 2.26. The molecule has 2 rings (SSSR count). The van der Waals surface area contributed by atoms with Crippen LogP contribution in [-0.2, 0) is 0 Å². The highest BCUT2D eigenvalue weighted by Crippen LogP contribution is 2.39. The lowest BCUT2D eigenvalue weighted by Gasteiger charge is -2.46. The zero-order valence-electron chi connectivity index (χ0n) is 14.2. The van der Waals surface area contributed by atoms with Gasteiger partial charge in [-0.25, -0.2) is 0 Å². The Labute approximate surface area is 125 Å². The molecule has 3 atom stereocenters. The monoisotopic (exact) mass is 281 g/mol. The summed E-state index contributed by atoms with van der Waals surface area (Å²) in [6.45, 7) is 9.46. The Bertz CT molecular complexity index is 303. The Hall–Kier alpha value is -0.0800. The number of nitrogens with zero attached hydrogens (tertiary/aromatic N) is 1. The number of hydrogen-bond acceptors (Lipinski definition) is 2. The van der Waals surface area contributed by atoms with Crippen molar-refractivity contribution in [1.29, 1.82) is 0 Å². The van der Waals surface area contributed by atoms with Gasteiger partial charge in [0, 0.05) is 12.1 Å². The number of likely N-dealkylation sites (N-methyl/N-ethyl adjacent to an activating group) is 1. The van der Waals surface area contributed by atoms with Crippen molar-refractivity contribution in [2.45, 2.75) is 90.8 Å². The first-order chi connectivity index (χ1) is 9.30. The molecule has 0 aromatic carbocycles. The molecule has 1 N–H and O–H groups in total. The molecule has 2 nitrogen and oxygen atoms in total. The van der Waals surface area contributed by atoms with Gasteiger partial charge in [0.15, 0.2) is 0 Å². The largest absolute Gasteiger partial charge is 0.391 e. The molecule has 2 heteroatoms. The van der Waals surface area contributed by atoms with Crippen molar-refractivity contribution in [2.75, 3.05) is 7.05 Å². The van der Waals surface area contributed by atoms with Gasteiger partial charge in [-0.2, -0.15) is 0 Å². The number of aliphatic hydroxyl groups excluding tert-OH is 1. The molecule has 3 unspecified atom stereocenters. The van der Waals surface area contributed by atoms with E-state index in [9.17, 15) is 5.11 Å². The van der Waals surface area contributed by atoms with Crippen molar-refractivity contribution in [3.05, 3.63) is 0 Å². The van der Waals surface area contributed by atoms with E-state index in [4.69, 9.17) is 0 Å². The van der Waals surface area contributed by atoms with Gasteiger partial charge in [-0.3, -0.25) is 4.90 Å². The van der Waals surface area contributed by atoms with Crippen molar-refractivity contribution in [1.82, 2.24) is 4.90 Å². The molecule has 2 saturated carbocycles. The molecule has 2 aliphatic rings. The normalized spacial score (nSPS) is 35.7. The quantitative estimate of drug-likeness (QED) is 0.843. The van der Waals surface area contributed by atoms with Crippen LogP contribution < -0.4 is 0 Å². The van der Waals surface area contributed by atoms with Crippen molar-refractivity contribution in [3.8, 4) is 0 Å². The average Bonchev–Trinajstić information content (AvgIpc) is 2.38. The second-order valence-electron chi connectivity index (χ2n) is 8.51. The van der Waals surface area contributed by atoms with Crippen LogP contribution in [0.5, 0.6) is 0 Å². The van der Waals surface area contributed by atoms with Crippen LogP contribution in [-0.4, -0.2) is 35.2 Å². The maximum atomic E-state index is 10.4. The van der Waals surface area contributed by atoms with E-state index in [-0.39, 0.29) is 6.10 Å². The van der Waals surface area contributed by atoms with Crippen LogP contribution in [0.1, 0.15) is 72.6 Å². The summed E-state index contributed by atoms with van der Waals surface area (Å²) in [6, 6.07) is 1.08. The zero-order chi connectivity index (χ0) is 14.9. The number of rotatable bonds is 3. The molecule has 2 fully saturated rings. The van der Waals surface area contributed by atoms with Crippen molar-refractivity contribution in [3.63, 3.8) is 0 Å². The Morgan fingerprint density at radius 1 is 1.05 bits per heavy atom. The first-order valence-electron chi connectivity index (χ1n) is 8.70. The molecule has 0 saturated heterocycles. The summed E-state index contributed by atoms with van der Waals surface area (Å²) in [5, 5.41) is 10.4. The summed E-state index contributed by atoms with van der Waals surface area (Å²) in [4.78, 5) is 2.54. The van der Waals surface area contributed by atoms with Crippen molar-refractivity contribution in [2.24, 2.45) is 17.3 Å². The topological polar surface area (TPSA) is 23.5 Å². The molecule has 118 valence electrons. The van der Waals surface area contributed by atoms with E-state index in [1.165, 1.54) is 38.5 Å². The third-order valence-electron chi connectivity index (χ3n) is 6.17. The highest BCUT2D eigenvalue weighted by molar-refractivity contribution is 4.91. The minimum atomic E-state index is -0.107. The lowest BCUT2D eigenvalue weighted by Crippen LogP contribution is -2.51. The number of hydrogen-bond donors (Lipinski definition) is 1. The maximum Gasteiger partial charge on any atom is 0.0695 e. The Morgan fingerprint density at radius 2 is 1.65 bits per heavy atom. The van der Waals surface area contributed by atoms with Gasteiger partial charge in [-0.05, 0) is 69.2 Å². The van der Waals surface area contributed by atoms with Crippen LogP contribution in [0.4, 0.5) is 0 Å². The first-order valence-corrected chi connectivity index (χ1v) is 8.70. The fourth-order valence-electron chi connectivity index (χ4n) is 4.27. The molecule has 0 spiro atoms. The summed E-state index contributed by atoms with van der Waals surface area (Å²) in [5.41, 5.74) is 0.531. The molecule has 0 amide bonds. The van der Waals surface area contributed by atoms with Gasteiger partial charge < -0.3 is 5.11 Å². The minimum absolute atomic E-state index is 0.107. The van der Waals surface area contributed by atoms with Gasteiger partial charge in [-0.1, -0.05) is 27.7 Å². The van der Waals surface area contributed by atoms with Crippen LogP contribution >= 0.6 is 0 Å². The number of aliphatic hydroxyl groups is 1. The maximum absolute atomic E-state index is 10.4. The molecular formula is C18H35NO. The molecule has 0 aliphatic heterocycles. The van der Waals surface area contributed by atoms with E-state index in [0.717, 1.165) is 18.3 Å². The molecular weight excluding hydrogens is 246 g/mol. The van der Waals surface area contributed by atoms with Crippen molar-refractivity contribution >= 4 is 0 Å². The highest BCUT2D eigenvalue weighted by atomic mass is 16.3. The van der Waals surface area contributed by atoms with Gasteiger partial charge in [0.1, 0.15) is 0 Å². The zero-order valence-corrected chi connectivity index (χ0v) is 14.2. The van der Waals surface area contributed by atoms with Gasteiger partial charge >= 0.3 is 0 Å². The molecule has 0 aromatic heterocycles. The Balaban J connectivity index is 1.95. The standard InChI is InChI=1S/C18H35NO/c1-13(2)14-6-7-17(20)16(12-14)19(5)15-8-10-18(3,4)11-9-15/h13-17,20H,6-12H2,1-5H3. The second kappa shape index (κ2) is 6.36. The summed E-state index contributed by atoms with van der Waals surface area (Å²) >= 11 is 0. The molecule has 0 radical (unpaired) electrons. The summed E-state index contributed by atoms with van der Waals surface area (Å²) < 4.78 is 0. The lowest BCUT2D eigenvalue weighted by molar-refractivity contribution is -0.0229. The van der Waals surface area contributed by atoms with E-state index >= 15 is 0 Å². The lowest BCUT2D eigenvalue weighted by atomic mass is 9.73. The second-order valence-corrected chi connectivity index (χ2v) is 8.51. The minimum Gasteiger partial charge on any atom is -0.391 e. The van der Waals surface area contributed by atoms with Crippen molar-refractivity contribution < 1.29 is 5.11 Å². The smallest absolute Gasteiger partial charge is 0.0695 e. The average molecular weight is 281 g/mol. The third kappa shape index (κ3) is 3.76. The SMILES string of the molecule is CC(C)C1CCC(O)C(N(C)C2CCC(C)(C)CC2)C1. The van der Waals surface area contributed by atoms with Crippen LogP contribution in [0, 0.1) is 17.3 Å². The van der Waals surface area contributed by atoms with Gasteiger partial charge in [-0.15, -0.1) is 0 Å². The van der Waals surface area contributed by atoms with Crippen LogP contribution in [0.2, 0.25) is 0 Å². The summed E-state index contributed by atoms with van der Waals surface area (Å²) in [5.74, 6) is 1.55. The van der Waals surface area contributed by atoms with E-state index in [0.29, 0.717) is 17.5 Å². The first kappa shape index (κ1) is 16.3. The molecule has 0 bridgehead atoms. The predicted molar refractivity (Wildman–Crippen MR) is 85.8 cm³/mol. The fraction of sp³-hybridized carbons (Fsp3) is 1.00. The molecule has 0 aromatic rings. The fourth-order valence-corrected chi connectivity index (χ4v) is 4.27. The van der Waals surface area contributed by atoms with Crippen LogP contribution in [0.25, 0.3) is 0 Å². The van der Waals surface area contributed by atoms with Crippen LogP contribution in [0.3, 0.4) is 0 Å². The molecule has 2 aliphatic carbocycles. The van der Waals surface area contributed by atoms with E-state index in [2.05, 4.69) is 39.6 Å². The van der Waals surface area contributed by atoms with Gasteiger partial charge in [0.05, 0.1) is 6.10 Å². The van der Waals surface area contributed by atoms with Gasteiger partial charge in [0.2, 0.25) is 0 Å². The predicted octanol–water partition coefficient (Wildman–Crippen LogP) is 4.07. The van der Waals surface area contributed by atoms with E-state index in [1.54, 1.807) is 0 Å². The van der Waals surface area contributed by atoms with Crippen LogP contribution in [0.15, 0.2) is 0 Å². The third-order valence-corrected chi connectivity index (χ3v) is 6.17.